The Bertz CT molecular complexity index is 1210. The minimum absolute atomic E-state index is 0.0596. The summed E-state index contributed by atoms with van der Waals surface area (Å²) in [6.07, 6.45) is 1.47. The molecule has 1 aliphatic heterocycles. The number of nitro benzene ring substituents is 1. The fourth-order valence-corrected chi connectivity index (χ4v) is 3.51. The zero-order valence-electron chi connectivity index (χ0n) is 18.1. The van der Waals surface area contributed by atoms with Gasteiger partial charge in [-0.15, -0.1) is 0 Å². The Morgan fingerprint density at radius 2 is 1.91 bits per heavy atom. The van der Waals surface area contributed by atoms with Crippen molar-refractivity contribution < 1.29 is 28.3 Å². The largest absolute Gasteiger partial charge is 0.496 e. The molecule has 1 N–H and O–H groups in total. The summed E-state index contributed by atoms with van der Waals surface area (Å²) in [7, 11) is 2.93. The number of amides is 1. The van der Waals surface area contributed by atoms with Gasteiger partial charge in [0.25, 0.3) is 5.69 Å². The quantitative estimate of drug-likeness (QED) is 0.328. The molecule has 1 saturated heterocycles. The molecule has 0 saturated carbocycles. The lowest BCUT2D eigenvalue weighted by Gasteiger charge is -2.29. The third-order valence-electron chi connectivity index (χ3n) is 5.18. The first kappa shape index (κ1) is 22.1. The molecule has 0 atom stereocenters. The van der Waals surface area contributed by atoms with Crippen LogP contribution in [0.2, 0.25) is 0 Å². The van der Waals surface area contributed by atoms with Crippen LogP contribution in [0, 0.1) is 10.1 Å². The number of nitrogens with one attached hydrogen (secondary N) is 1. The Kier molecular flexibility index (Phi) is 6.41. The van der Waals surface area contributed by atoms with Gasteiger partial charge in [-0.05, 0) is 18.2 Å². The van der Waals surface area contributed by atoms with E-state index in [-0.39, 0.29) is 22.8 Å². The summed E-state index contributed by atoms with van der Waals surface area (Å²) < 4.78 is 21.5. The van der Waals surface area contributed by atoms with Crippen molar-refractivity contribution in [2.24, 2.45) is 5.10 Å². The van der Waals surface area contributed by atoms with E-state index < -0.39 is 10.8 Å². The van der Waals surface area contributed by atoms with Crippen LogP contribution < -0.4 is 19.8 Å². The van der Waals surface area contributed by atoms with E-state index in [2.05, 4.69) is 15.4 Å². The summed E-state index contributed by atoms with van der Waals surface area (Å²) in [6.45, 7) is 2.97. The molecule has 1 amide bonds. The van der Waals surface area contributed by atoms with Gasteiger partial charge in [-0.2, -0.15) is 5.10 Å². The van der Waals surface area contributed by atoms with Crippen molar-refractivity contribution in [3.8, 4) is 11.5 Å². The molecule has 2 heterocycles. The predicted octanol–water partition coefficient (Wildman–Crippen LogP) is 2.96. The van der Waals surface area contributed by atoms with Gasteiger partial charge in [0.1, 0.15) is 5.75 Å². The Morgan fingerprint density at radius 1 is 1.15 bits per heavy atom. The van der Waals surface area contributed by atoms with Crippen LogP contribution in [0.25, 0.3) is 11.0 Å². The number of morpholine rings is 1. The Labute approximate surface area is 188 Å². The number of carbonyl (C=O) groups is 1. The van der Waals surface area contributed by atoms with E-state index in [1.54, 1.807) is 7.11 Å². The number of nitro groups is 1. The number of nitrogens with zero attached hydrogens (tertiary/aromatic N) is 3. The Morgan fingerprint density at radius 3 is 2.61 bits per heavy atom. The summed E-state index contributed by atoms with van der Waals surface area (Å²) in [5.41, 5.74) is 4.15. The zero-order valence-corrected chi connectivity index (χ0v) is 18.1. The number of furan rings is 1. The van der Waals surface area contributed by atoms with Gasteiger partial charge < -0.3 is 23.5 Å². The molecule has 11 heteroatoms. The fourth-order valence-electron chi connectivity index (χ4n) is 3.51. The maximum Gasteiger partial charge on any atom is 0.307 e. The highest BCUT2D eigenvalue weighted by molar-refractivity contribution is 5.98. The molecule has 0 spiro atoms. The van der Waals surface area contributed by atoms with E-state index >= 15 is 0 Å². The molecule has 2 aromatic carbocycles. The van der Waals surface area contributed by atoms with Gasteiger partial charge >= 0.3 is 5.91 Å². The second kappa shape index (κ2) is 9.57. The molecular weight excluding hydrogens is 432 g/mol. The number of methoxy groups -OCH3 is 2. The van der Waals surface area contributed by atoms with Crippen molar-refractivity contribution in [3.05, 3.63) is 57.8 Å². The lowest BCUT2D eigenvalue weighted by molar-refractivity contribution is -0.384. The summed E-state index contributed by atoms with van der Waals surface area (Å²) in [5.74, 6) is 0.0938. The van der Waals surface area contributed by atoms with Gasteiger partial charge in [0.2, 0.25) is 0 Å². The topological polar surface area (TPSA) is 129 Å². The molecule has 0 bridgehead atoms. The number of anilines is 1. The normalized spacial score (nSPS) is 13.9. The molecule has 3 aromatic rings. The number of benzene rings is 2. The van der Waals surface area contributed by atoms with Gasteiger partial charge in [0, 0.05) is 41.9 Å². The fraction of sp³-hybridized carbons (Fsp3) is 0.273. The second-order valence-corrected chi connectivity index (χ2v) is 7.16. The van der Waals surface area contributed by atoms with E-state index in [0.717, 1.165) is 18.8 Å². The molecule has 0 radical (unpaired) electrons. The maximum absolute atomic E-state index is 12.5. The highest BCUT2D eigenvalue weighted by Crippen LogP contribution is 2.33. The number of hydrogen-bond donors (Lipinski definition) is 1. The molecule has 0 unspecified atom stereocenters. The molecular formula is C22H22N4O7. The molecule has 1 fully saturated rings. The van der Waals surface area contributed by atoms with Crippen LogP contribution in [0.4, 0.5) is 11.4 Å². The molecule has 33 heavy (non-hydrogen) atoms. The summed E-state index contributed by atoms with van der Waals surface area (Å²) in [6, 6.07) is 9.65. The van der Waals surface area contributed by atoms with E-state index in [4.69, 9.17) is 18.6 Å². The van der Waals surface area contributed by atoms with Crippen molar-refractivity contribution in [2.75, 3.05) is 45.4 Å². The van der Waals surface area contributed by atoms with Crippen LogP contribution in [0.5, 0.6) is 11.5 Å². The Balaban J connectivity index is 1.49. The minimum Gasteiger partial charge on any atom is -0.496 e. The van der Waals surface area contributed by atoms with Gasteiger partial charge in [0.15, 0.2) is 17.1 Å². The minimum atomic E-state index is -0.615. The number of rotatable bonds is 7. The third kappa shape index (κ3) is 4.72. The first-order valence-electron chi connectivity index (χ1n) is 10.1. The van der Waals surface area contributed by atoms with E-state index in [0.29, 0.717) is 29.9 Å². The van der Waals surface area contributed by atoms with E-state index in [9.17, 15) is 14.9 Å². The van der Waals surface area contributed by atoms with E-state index in [1.165, 1.54) is 31.5 Å². The van der Waals surface area contributed by atoms with E-state index in [1.807, 2.05) is 18.2 Å². The van der Waals surface area contributed by atoms with Crippen molar-refractivity contribution in [1.82, 2.24) is 5.43 Å². The molecule has 1 aliphatic rings. The second-order valence-electron chi connectivity index (χ2n) is 7.16. The Hall–Kier alpha value is -4.12. The predicted molar refractivity (Wildman–Crippen MR) is 121 cm³/mol. The van der Waals surface area contributed by atoms with Crippen LogP contribution in [0.1, 0.15) is 16.1 Å². The molecule has 11 nitrogen and oxygen atoms in total. The van der Waals surface area contributed by atoms with Crippen LogP contribution in [-0.4, -0.2) is 57.6 Å². The molecule has 172 valence electrons. The zero-order chi connectivity index (χ0) is 23.4. The van der Waals surface area contributed by atoms with Crippen molar-refractivity contribution in [3.63, 3.8) is 0 Å². The van der Waals surface area contributed by atoms with Crippen LogP contribution in [-0.2, 0) is 4.74 Å². The summed E-state index contributed by atoms with van der Waals surface area (Å²) in [5, 5.41) is 15.5. The summed E-state index contributed by atoms with van der Waals surface area (Å²) >= 11 is 0. The third-order valence-corrected chi connectivity index (χ3v) is 5.18. The average Bonchev–Trinajstić information content (AvgIpc) is 3.28. The van der Waals surface area contributed by atoms with Gasteiger partial charge in [0.05, 0.1) is 44.6 Å². The number of hydrogen-bond acceptors (Lipinski definition) is 9. The van der Waals surface area contributed by atoms with Crippen molar-refractivity contribution in [1.29, 1.82) is 0 Å². The number of fused-ring (bicyclic) bond motifs is 1. The van der Waals surface area contributed by atoms with Gasteiger partial charge in [-0.3, -0.25) is 14.9 Å². The molecule has 0 aliphatic carbocycles. The van der Waals surface area contributed by atoms with Gasteiger partial charge in [-0.25, -0.2) is 5.43 Å². The van der Waals surface area contributed by atoms with Gasteiger partial charge in [-0.1, -0.05) is 0 Å². The lowest BCUT2D eigenvalue weighted by Crippen LogP contribution is -2.36. The molecule has 4 rings (SSSR count). The smallest absolute Gasteiger partial charge is 0.307 e. The monoisotopic (exact) mass is 454 g/mol. The standard InChI is InChI=1S/C22H22N4O7/c1-30-18-11-16(25-5-7-32-8-6-25)4-3-14(18)13-23-24-22(27)20-10-15-9-17(26(28)29)12-19(31-2)21(15)33-20/h3-4,9-13H,5-8H2,1-2H3,(H,24,27)/b23-13-. The number of hydrazone groups is 1. The molecule has 1 aromatic heterocycles. The summed E-state index contributed by atoms with van der Waals surface area (Å²) in [4.78, 5) is 25.2. The average molecular weight is 454 g/mol. The highest BCUT2D eigenvalue weighted by Gasteiger charge is 2.19. The van der Waals surface area contributed by atoms with Crippen LogP contribution in [0.3, 0.4) is 0 Å². The lowest BCUT2D eigenvalue weighted by atomic mass is 10.1. The SMILES string of the molecule is COc1cc(N2CCOCC2)ccc1/C=N\NC(=O)c1cc2cc([N+](=O)[O-])cc(OC)c2o1. The van der Waals surface area contributed by atoms with Crippen LogP contribution in [0.15, 0.2) is 45.9 Å². The van der Waals surface area contributed by atoms with Crippen LogP contribution >= 0.6 is 0 Å². The van der Waals surface area contributed by atoms with Crippen molar-refractivity contribution in [2.45, 2.75) is 0 Å². The van der Waals surface area contributed by atoms with Crippen molar-refractivity contribution >= 4 is 34.5 Å². The number of non-ortho nitro benzene ring substituents is 1. The highest BCUT2D eigenvalue weighted by atomic mass is 16.6. The maximum atomic E-state index is 12.5. The number of carbonyl (C=O) groups excluding carboxylic acids is 1. The first-order valence-corrected chi connectivity index (χ1v) is 10.1. The number of ether oxygens (including phenoxy) is 3. The first-order chi connectivity index (χ1) is 16.0.